The van der Waals surface area contributed by atoms with Gasteiger partial charge < -0.3 is 24.4 Å². The first-order chi connectivity index (χ1) is 21.1. The molecule has 1 aliphatic rings. The molecular weight excluding hydrogens is 556 g/mol. The number of alkyl carbamates (subject to hydrolysis) is 1. The zero-order valence-electron chi connectivity index (χ0n) is 25.5. The Hall–Kier alpha value is -5.02. The summed E-state index contributed by atoms with van der Waals surface area (Å²) in [5.74, 6) is 1.24. The molecule has 0 bridgehead atoms. The number of hydrogen-bond acceptors (Lipinski definition) is 7. The summed E-state index contributed by atoms with van der Waals surface area (Å²) in [5, 5.41) is 21.3. The van der Waals surface area contributed by atoms with Crippen LogP contribution in [-0.4, -0.2) is 42.1 Å². The average molecular weight is 595 g/mol. The van der Waals surface area contributed by atoms with Crippen molar-refractivity contribution in [2.75, 3.05) is 19.6 Å². The molecule has 0 aromatic heterocycles. The van der Waals surface area contributed by atoms with Gasteiger partial charge >= 0.3 is 6.09 Å². The zero-order valence-corrected chi connectivity index (χ0v) is 25.5. The lowest BCUT2D eigenvalue weighted by Gasteiger charge is -2.32. The summed E-state index contributed by atoms with van der Waals surface area (Å²) in [6.07, 6.45) is 2.08. The van der Waals surface area contributed by atoms with Crippen molar-refractivity contribution in [2.24, 2.45) is 5.92 Å². The van der Waals surface area contributed by atoms with Crippen molar-refractivity contribution >= 4 is 12.0 Å². The van der Waals surface area contributed by atoms with Gasteiger partial charge in [0, 0.05) is 31.3 Å². The average Bonchev–Trinajstić information content (AvgIpc) is 3.02. The van der Waals surface area contributed by atoms with E-state index in [1.165, 1.54) is 0 Å². The van der Waals surface area contributed by atoms with Crippen LogP contribution in [0, 0.1) is 28.6 Å². The molecule has 1 N–H and O–H groups in total. The van der Waals surface area contributed by atoms with E-state index in [9.17, 15) is 20.1 Å². The molecule has 1 fully saturated rings. The van der Waals surface area contributed by atoms with Crippen LogP contribution >= 0.6 is 0 Å². The fourth-order valence-electron chi connectivity index (χ4n) is 4.96. The summed E-state index contributed by atoms with van der Waals surface area (Å²) in [7, 11) is 0. The van der Waals surface area contributed by atoms with Crippen LogP contribution in [-0.2, 0) is 18.0 Å². The Kier molecular flexibility index (Phi) is 10.8. The van der Waals surface area contributed by atoms with Gasteiger partial charge in [0.15, 0.2) is 0 Å². The van der Waals surface area contributed by atoms with Crippen LogP contribution in [0.3, 0.4) is 0 Å². The molecule has 1 aliphatic heterocycles. The van der Waals surface area contributed by atoms with Crippen LogP contribution < -0.4 is 14.8 Å². The Morgan fingerprint density at radius 1 is 0.864 bits per heavy atom. The number of carbonyl (C=O) groups excluding carboxylic acids is 2. The lowest BCUT2D eigenvalue weighted by molar-refractivity contribution is 0.0522. The third-order valence-electron chi connectivity index (χ3n) is 7.17. The van der Waals surface area contributed by atoms with E-state index >= 15 is 0 Å². The highest BCUT2D eigenvalue weighted by molar-refractivity contribution is 5.95. The number of nitrogens with one attached hydrogen (secondary N) is 1. The molecule has 9 heteroatoms. The molecule has 0 aliphatic carbocycles. The Balaban J connectivity index is 1.41. The molecule has 2 amide bonds. The summed E-state index contributed by atoms with van der Waals surface area (Å²) >= 11 is 0. The predicted molar refractivity (Wildman–Crippen MR) is 165 cm³/mol. The second-order valence-electron chi connectivity index (χ2n) is 11.8. The third-order valence-corrected chi connectivity index (χ3v) is 7.17. The molecule has 228 valence electrons. The van der Waals surface area contributed by atoms with Crippen LogP contribution in [0.4, 0.5) is 4.79 Å². The van der Waals surface area contributed by atoms with Gasteiger partial charge in [0.25, 0.3) is 5.91 Å². The second kappa shape index (κ2) is 14.9. The summed E-state index contributed by atoms with van der Waals surface area (Å²) in [6, 6.07) is 23.8. The maximum Gasteiger partial charge on any atom is 0.407 e. The summed E-state index contributed by atoms with van der Waals surface area (Å²) < 4.78 is 17.4. The fourth-order valence-corrected chi connectivity index (χ4v) is 4.96. The number of nitriles is 2. The first-order valence-corrected chi connectivity index (χ1v) is 14.8. The number of nitrogens with zero attached hydrogens (tertiary/aromatic N) is 3. The number of hydrogen-bond donors (Lipinski definition) is 1. The minimum absolute atomic E-state index is 0.108. The van der Waals surface area contributed by atoms with Crippen LogP contribution in [0.1, 0.15) is 72.6 Å². The SMILES string of the molecule is CC(C)(C)OC(=O)NCCC1CCN(C(=O)c2cc(OCc3cccc(C#N)c3)cc(OCc3cccc(C#N)c3)c2)CC1. The van der Waals surface area contributed by atoms with Crippen LogP contribution in [0.5, 0.6) is 11.5 Å². The fraction of sp³-hybridized carbons (Fsp3) is 0.371. The molecule has 3 aromatic carbocycles. The molecular formula is C35H38N4O5. The predicted octanol–water partition coefficient (Wildman–Crippen LogP) is 6.35. The first kappa shape index (κ1) is 31.9. The van der Waals surface area contributed by atoms with Crippen LogP contribution in [0.25, 0.3) is 0 Å². The lowest BCUT2D eigenvalue weighted by atomic mass is 9.93. The van der Waals surface area contributed by atoms with Gasteiger partial charge in [0.2, 0.25) is 0 Å². The van der Waals surface area contributed by atoms with E-state index in [4.69, 9.17) is 14.2 Å². The number of likely N-dealkylation sites (tertiary alicyclic amines) is 1. The van der Waals surface area contributed by atoms with Gasteiger partial charge in [0.05, 0.1) is 23.3 Å². The Bertz CT molecular complexity index is 1460. The summed E-state index contributed by atoms with van der Waals surface area (Å²) in [5.41, 5.74) is 2.68. The molecule has 0 saturated carbocycles. The highest BCUT2D eigenvalue weighted by Gasteiger charge is 2.25. The van der Waals surface area contributed by atoms with E-state index in [2.05, 4.69) is 17.5 Å². The van der Waals surface area contributed by atoms with Gasteiger partial charge in [0.1, 0.15) is 30.3 Å². The monoisotopic (exact) mass is 594 g/mol. The van der Waals surface area contributed by atoms with E-state index in [0.29, 0.717) is 53.7 Å². The van der Waals surface area contributed by atoms with Gasteiger partial charge in [-0.3, -0.25) is 4.79 Å². The minimum Gasteiger partial charge on any atom is -0.489 e. The Morgan fingerprint density at radius 3 is 1.91 bits per heavy atom. The van der Waals surface area contributed by atoms with Gasteiger partial charge in [-0.2, -0.15) is 10.5 Å². The first-order valence-electron chi connectivity index (χ1n) is 14.8. The van der Waals surface area contributed by atoms with E-state index < -0.39 is 11.7 Å². The highest BCUT2D eigenvalue weighted by Crippen LogP contribution is 2.28. The molecule has 0 atom stereocenters. The lowest BCUT2D eigenvalue weighted by Crippen LogP contribution is -2.39. The zero-order chi connectivity index (χ0) is 31.5. The number of benzene rings is 3. The molecule has 3 aromatic rings. The maximum absolute atomic E-state index is 13.6. The maximum atomic E-state index is 13.6. The van der Waals surface area contributed by atoms with Crippen molar-refractivity contribution in [3.8, 4) is 23.6 Å². The third kappa shape index (κ3) is 9.78. The van der Waals surface area contributed by atoms with Crippen molar-refractivity contribution in [3.63, 3.8) is 0 Å². The van der Waals surface area contributed by atoms with Gasteiger partial charge in [-0.15, -0.1) is 0 Å². The largest absolute Gasteiger partial charge is 0.489 e. The quantitative estimate of drug-likeness (QED) is 0.290. The van der Waals surface area contributed by atoms with E-state index in [1.807, 2.05) is 37.8 Å². The number of rotatable bonds is 10. The van der Waals surface area contributed by atoms with Crippen molar-refractivity contribution in [2.45, 2.75) is 58.8 Å². The molecule has 0 spiro atoms. The van der Waals surface area contributed by atoms with Crippen LogP contribution in [0.2, 0.25) is 0 Å². The minimum atomic E-state index is -0.534. The van der Waals surface area contributed by atoms with Crippen molar-refractivity contribution in [1.29, 1.82) is 10.5 Å². The van der Waals surface area contributed by atoms with E-state index in [0.717, 1.165) is 30.4 Å². The Morgan fingerprint density at radius 2 is 1.41 bits per heavy atom. The highest BCUT2D eigenvalue weighted by atomic mass is 16.6. The second-order valence-corrected chi connectivity index (χ2v) is 11.8. The summed E-state index contributed by atoms with van der Waals surface area (Å²) in [4.78, 5) is 27.4. The Labute approximate surface area is 259 Å². The molecule has 44 heavy (non-hydrogen) atoms. The number of amides is 2. The normalized spacial score (nSPS) is 13.3. The van der Waals surface area contributed by atoms with Gasteiger partial charge in [-0.1, -0.05) is 24.3 Å². The number of ether oxygens (including phenoxy) is 3. The molecule has 4 rings (SSSR count). The van der Waals surface area contributed by atoms with Gasteiger partial charge in [-0.25, -0.2) is 4.79 Å². The van der Waals surface area contributed by atoms with Crippen molar-refractivity contribution in [3.05, 3.63) is 94.5 Å². The molecule has 9 nitrogen and oxygen atoms in total. The number of carbonyl (C=O) groups is 2. The van der Waals surface area contributed by atoms with Gasteiger partial charge in [-0.05, 0) is 93.5 Å². The molecule has 0 radical (unpaired) electrons. The van der Waals surface area contributed by atoms with Crippen molar-refractivity contribution in [1.82, 2.24) is 10.2 Å². The smallest absolute Gasteiger partial charge is 0.407 e. The topological polar surface area (TPSA) is 125 Å². The van der Waals surface area contributed by atoms with Crippen molar-refractivity contribution < 1.29 is 23.8 Å². The van der Waals surface area contributed by atoms with Crippen LogP contribution in [0.15, 0.2) is 66.7 Å². The molecule has 0 unspecified atom stereocenters. The molecule has 1 saturated heterocycles. The standard InChI is InChI=1S/C35H38N4O5/c1-35(2,3)44-34(41)38-13-10-25-11-14-39(15-12-25)33(40)30-18-31(42-23-28-8-4-6-26(16-28)21-36)20-32(19-30)43-24-29-9-5-7-27(17-29)22-37/h4-9,16-20,25H,10-15,23-24H2,1-3H3,(H,38,41). The number of piperidine rings is 1. The van der Waals surface area contributed by atoms with E-state index in [-0.39, 0.29) is 19.1 Å². The van der Waals surface area contributed by atoms with E-state index in [1.54, 1.807) is 54.6 Å². The molecule has 1 heterocycles. The summed E-state index contributed by atoms with van der Waals surface area (Å²) in [6.45, 7) is 7.69.